The zero-order valence-corrected chi connectivity index (χ0v) is 15.8. The molecule has 0 radical (unpaired) electrons. The third-order valence-corrected chi connectivity index (χ3v) is 5.26. The molecule has 1 saturated carbocycles. The average molecular weight is 366 g/mol. The van der Waals surface area contributed by atoms with Gasteiger partial charge >= 0.3 is 0 Å². The number of rotatable bonds is 7. The van der Waals surface area contributed by atoms with E-state index in [2.05, 4.69) is 45.6 Å². The second-order valence-electron chi connectivity index (χ2n) is 6.69. The van der Waals surface area contributed by atoms with Gasteiger partial charge in [0.2, 0.25) is 0 Å². The molecule has 0 aliphatic heterocycles. The summed E-state index contributed by atoms with van der Waals surface area (Å²) in [5, 5.41) is 4.88. The molecule has 134 valence electrons. The molecule has 0 saturated heterocycles. The Morgan fingerprint density at radius 3 is 2.50 bits per heavy atom. The van der Waals surface area contributed by atoms with E-state index in [4.69, 9.17) is 17.3 Å². The Bertz CT molecular complexity index is 912. The molecule has 26 heavy (non-hydrogen) atoms. The van der Waals surface area contributed by atoms with Gasteiger partial charge in [-0.2, -0.15) is 5.10 Å². The Morgan fingerprint density at radius 2 is 1.85 bits per heavy atom. The molecule has 1 aliphatic rings. The van der Waals surface area contributed by atoms with Crippen LogP contribution in [0.2, 0.25) is 0 Å². The Morgan fingerprint density at radius 1 is 1.12 bits per heavy atom. The standard InChI is InChI=1S/C20H23N5S/c1-2-23(18-8-9-18)15-25-20(26)24(14-16-6-4-3-5-7-16)19(22-25)17-10-12-21-13-11-17/h3-7,10-13,18H,2,8-9,14-15H2,1H3. The first-order valence-corrected chi connectivity index (χ1v) is 9.53. The summed E-state index contributed by atoms with van der Waals surface area (Å²) in [6, 6.07) is 15.1. The molecule has 1 aromatic carbocycles. The van der Waals surface area contributed by atoms with Crippen molar-refractivity contribution in [3.05, 3.63) is 65.2 Å². The molecule has 0 N–H and O–H groups in total. The quantitative estimate of drug-likeness (QED) is 0.594. The van der Waals surface area contributed by atoms with E-state index >= 15 is 0 Å². The zero-order valence-electron chi connectivity index (χ0n) is 15.0. The molecule has 1 fully saturated rings. The maximum Gasteiger partial charge on any atom is 0.199 e. The van der Waals surface area contributed by atoms with Crippen LogP contribution in [0.25, 0.3) is 11.4 Å². The summed E-state index contributed by atoms with van der Waals surface area (Å²) in [7, 11) is 0. The van der Waals surface area contributed by atoms with Gasteiger partial charge in [0, 0.05) is 24.0 Å². The van der Waals surface area contributed by atoms with Gasteiger partial charge in [0.1, 0.15) is 0 Å². The highest BCUT2D eigenvalue weighted by Crippen LogP contribution is 2.27. The van der Waals surface area contributed by atoms with Gasteiger partial charge in [-0.15, -0.1) is 0 Å². The van der Waals surface area contributed by atoms with Crippen LogP contribution < -0.4 is 0 Å². The van der Waals surface area contributed by atoms with Gasteiger partial charge in [-0.1, -0.05) is 37.3 Å². The van der Waals surface area contributed by atoms with Crippen molar-refractivity contribution in [1.82, 2.24) is 24.2 Å². The van der Waals surface area contributed by atoms with Gasteiger partial charge < -0.3 is 0 Å². The summed E-state index contributed by atoms with van der Waals surface area (Å²) < 4.78 is 4.86. The molecule has 6 heteroatoms. The smallest absolute Gasteiger partial charge is 0.199 e. The summed E-state index contributed by atoms with van der Waals surface area (Å²) in [5.74, 6) is 0.896. The van der Waals surface area contributed by atoms with E-state index in [1.165, 1.54) is 18.4 Å². The number of benzene rings is 1. The number of hydrogen-bond donors (Lipinski definition) is 0. The number of nitrogens with zero attached hydrogens (tertiary/aromatic N) is 5. The van der Waals surface area contributed by atoms with Gasteiger partial charge in [-0.05, 0) is 49.3 Å². The molecule has 0 bridgehead atoms. The molecule has 1 aliphatic carbocycles. The molecule has 0 amide bonds. The topological polar surface area (TPSA) is 38.9 Å². The van der Waals surface area contributed by atoms with E-state index in [0.717, 1.165) is 29.4 Å². The largest absolute Gasteiger partial charge is 0.295 e. The first-order valence-electron chi connectivity index (χ1n) is 9.12. The lowest BCUT2D eigenvalue weighted by atomic mass is 10.2. The van der Waals surface area contributed by atoms with Crippen molar-refractivity contribution < 1.29 is 0 Å². The predicted octanol–water partition coefficient (Wildman–Crippen LogP) is 3.97. The lowest BCUT2D eigenvalue weighted by Gasteiger charge is -2.19. The van der Waals surface area contributed by atoms with Crippen molar-refractivity contribution >= 4 is 12.2 Å². The fourth-order valence-electron chi connectivity index (χ4n) is 3.24. The molecular formula is C20H23N5S. The molecule has 2 heterocycles. The summed E-state index contributed by atoms with van der Waals surface area (Å²) in [6.07, 6.45) is 6.16. The second-order valence-corrected chi connectivity index (χ2v) is 7.06. The van der Waals surface area contributed by atoms with Crippen LogP contribution >= 0.6 is 12.2 Å². The maximum atomic E-state index is 5.81. The highest BCUT2D eigenvalue weighted by Gasteiger charge is 2.28. The van der Waals surface area contributed by atoms with Crippen molar-refractivity contribution in [2.24, 2.45) is 0 Å². The third kappa shape index (κ3) is 3.61. The fraction of sp³-hybridized carbons (Fsp3) is 0.350. The molecule has 2 aromatic heterocycles. The van der Waals surface area contributed by atoms with Gasteiger partial charge in [0.15, 0.2) is 10.6 Å². The van der Waals surface area contributed by atoms with Crippen LogP contribution in [0.4, 0.5) is 0 Å². The van der Waals surface area contributed by atoms with Crippen LogP contribution in [0.5, 0.6) is 0 Å². The Hall–Kier alpha value is -2.31. The number of pyridine rings is 1. The monoisotopic (exact) mass is 365 g/mol. The SMILES string of the molecule is CCN(Cn1nc(-c2ccncc2)n(Cc2ccccc2)c1=S)C1CC1. The zero-order chi connectivity index (χ0) is 17.9. The highest BCUT2D eigenvalue weighted by molar-refractivity contribution is 7.71. The van der Waals surface area contributed by atoms with E-state index in [1.54, 1.807) is 12.4 Å². The average Bonchev–Trinajstić information content (AvgIpc) is 3.49. The van der Waals surface area contributed by atoms with Crippen LogP contribution in [0.15, 0.2) is 54.9 Å². The Kier molecular flexibility index (Phi) is 4.95. The van der Waals surface area contributed by atoms with Crippen molar-refractivity contribution in [3.63, 3.8) is 0 Å². The van der Waals surface area contributed by atoms with Crippen LogP contribution in [0.3, 0.4) is 0 Å². The Balaban J connectivity index is 1.73. The van der Waals surface area contributed by atoms with Crippen LogP contribution in [-0.2, 0) is 13.2 Å². The Labute approximate surface area is 158 Å². The molecule has 4 rings (SSSR count). The minimum Gasteiger partial charge on any atom is -0.295 e. The third-order valence-electron chi connectivity index (χ3n) is 4.83. The van der Waals surface area contributed by atoms with E-state index in [1.807, 2.05) is 22.9 Å². The highest BCUT2D eigenvalue weighted by atomic mass is 32.1. The molecule has 0 unspecified atom stereocenters. The fourth-order valence-corrected chi connectivity index (χ4v) is 3.49. The van der Waals surface area contributed by atoms with Crippen LogP contribution in [0, 0.1) is 4.77 Å². The van der Waals surface area contributed by atoms with Crippen molar-refractivity contribution in [2.45, 2.75) is 39.0 Å². The normalized spacial score (nSPS) is 14.1. The molecule has 0 atom stereocenters. The first-order chi connectivity index (χ1) is 12.8. The van der Waals surface area contributed by atoms with E-state index in [9.17, 15) is 0 Å². The predicted molar refractivity (Wildman–Crippen MR) is 105 cm³/mol. The lowest BCUT2D eigenvalue weighted by molar-refractivity contribution is 0.206. The van der Waals surface area contributed by atoms with E-state index < -0.39 is 0 Å². The summed E-state index contributed by atoms with van der Waals surface area (Å²) in [5.41, 5.74) is 2.25. The molecular weight excluding hydrogens is 342 g/mol. The van der Waals surface area contributed by atoms with E-state index in [0.29, 0.717) is 12.6 Å². The van der Waals surface area contributed by atoms with E-state index in [-0.39, 0.29) is 0 Å². The minimum atomic E-state index is 0.686. The second kappa shape index (κ2) is 7.51. The van der Waals surface area contributed by atoms with Crippen LogP contribution in [0.1, 0.15) is 25.3 Å². The van der Waals surface area contributed by atoms with Crippen molar-refractivity contribution in [3.8, 4) is 11.4 Å². The maximum absolute atomic E-state index is 5.81. The number of hydrogen-bond acceptors (Lipinski definition) is 4. The van der Waals surface area contributed by atoms with Crippen LogP contribution in [-0.4, -0.2) is 36.8 Å². The molecule has 3 aromatic rings. The molecule has 5 nitrogen and oxygen atoms in total. The minimum absolute atomic E-state index is 0.686. The van der Waals surface area contributed by atoms with Gasteiger partial charge in [0.05, 0.1) is 13.2 Å². The van der Waals surface area contributed by atoms with Crippen molar-refractivity contribution in [1.29, 1.82) is 0 Å². The summed E-state index contributed by atoms with van der Waals surface area (Å²) in [4.78, 5) is 6.58. The van der Waals surface area contributed by atoms with Crippen molar-refractivity contribution in [2.75, 3.05) is 6.54 Å². The van der Waals surface area contributed by atoms with Gasteiger partial charge in [-0.3, -0.25) is 14.5 Å². The first kappa shape index (κ1) is 17.1. The van der Waals surface area contributed by atoms with Gasteiger partial charge in [-0.25, -0.2) is 4.68 Å². The summed E-state index contributed by atoms with van der Waals surface area (Å²) in [6.45, 7) is 4.68. The lowest BCUT2D eigenvalue weighted by Crippen LogP contribution is -2.29. The van der Waals surface area contributed by atoms with Gasteiger partial charge in [0.25, 0.3) is 0 Å². The number of aromatic nitrogens is 4. The molecule has 0 spiro atoms. The summed E-state index contributed by atoms with van der Waals surface area (Å²) >= 11 is 5.81.